The Labute approximate surface area is 179 Å². The van der Waals surface area contributed by atoms with E-state index in [2.05, 4.69) is 30.3 Å². The predicted octanol–water partition coefficient (Wildman–Crippen LogP) is 2.77. The fourth-order valence-corrected chi connectivity index (χ4v) is 5.12. The molecule has 1 aliphatic carbocycles. The van der Waals surface area contributed by atoms with Crippen molar-refractivity contribution in [1.29, 1.82) is 0 Å². The normalized spacial score (nSPS) is 22.5. The van der Waals surface area contributed by atoms with Crippen LogP contribution in [0.1, 0.15) is 47.5 Å². The first kappa shape index (κ1) is 20.7. The molecule has 0 spiro atoms. The third kappa shape index (κ3) is 4.46. The molecule has 1 N–H and O–H groups in total. The Hall–Kier alpha value is -2.53. The van der Waals surface area contributed by atoms with E-state index < -0.39 is 0 Å². The Balaban J connectivity index is 1.29. The summed E-state index contributed by atoms with van der Waals surface area (Å²) < 4.78 is 10.6. The molecule has 2 aromatic carbocycles. The fraction of sp³-hybridized carbons (Fsp3) is 0.480. The topological polar surface area (TPSA) is 43.2 Å². The van der Waals surface area contributed by atoms with E-state index in [0.29, 0.717) is 17.1 Å². The Kier molecular flexibility index (Phi) is 6.58. The number of nitrogens with one attached hydrogen (secondary N) is 1. The second-order valence-electron chi connectivity index (χ2n) is 8.48. The number of piperazine rings is 1. The van der Waals surface area contributed by atoms with Gasteiger partial charge >= 0.3 is 0 Å². The number of benzene rings is 2. The van der Waals surface area contributed by atoms with Crippen molar-refractivity contribution in [2.24, 2.45) is 0 Å². The standard InChI is InChI=1S/C25H32N2O3/c1-29-23-13-10-21(18-24(23)30-2)25(28)27-16-14-26(15-17-27)22-11-8-20(9-12-22)19-6-4-3-5-7-19/h3-7,10,13,18,20,22H,8-9,11-12,14-17H2,1-2H3/p+1. The summed E-state index contributed by atoms with van der Waals surface area (Å²) in [5.41, 5.74) is 2.16. The zero-order chi connectivity index (χ0) is 20.9. The highest BCUT2D eigenvalue weighted by atomic mass is 16.5. The highest BCUT2D eigenvalue weighted by Crippen LogP contribution is 2.32. The molecule has 0 atom stereocenters. The van der Waals surface area contributed by atoms with Crippen molar-refractivity contribution in [3.05, 3.63) is 59.7 Å². The molecule has 0 aromatic heterocycles. The third-order valence-electron chi connectivity index (χ3n) is 6.90. The molecule has 5 nitrogen and oxygen atoms in total. The largest absolute Gasteiger partial charge is 0.493 e. The average molecular weight is 410 g/mol. The monoisotopic (exact) mass is 409 g/mol. The minimum Gasteiger partial charge on any atom is -0.493 e. The lowest BCUT2D eigenvalue weighted by Gasteiger charge is -2.39. The van der Waals surface area contributed by atoms with Crippen LogP contribution in [-0.2, 0) is 0 Å². The number of hydrogen-bond acceptors (Lipinski definition) is 3. The summed E-state index contributed by atoms with van der Waals surface area (Å²) >= 11 is 0. The Morgan fingerprint density at radius 2 is 1.57 bits per heavy atom. The van der Waals surface area contributed by atoms with Crippen molar-refractivity contribution >= 4 is 5.91 Å². The summed E-state index contributed by atoms with van der Waals surface area (Å²) in [6.07, 6.45) is 5.15. The van der Waals surface area contributed by atoms with Gasteiger partial charge in [-0.1, -0.05) is 30.3 Å². The number of amides is 1. The second-order valence-corrected chi connectivity index (χ2v) is 8.48. The van der Waals surface area contributed by atoms with Crippen LogP contribution >= 0.6 is 0 Å². The number of methoxy groups -OCH3 is 2. The number of carbonyl (C=O) groups is 1. The highest BCUT2D eigenvalue weighted by Gasteiger charge is 2.33. The van der Waals surface area contributed by atoms with Gasteiger partial charge in [-0.2, -0.15) is 0 Å². The van der Waals surface area contributed by atoms with Gasteiger partial charge in [-0.15, -0.1) is 0 Å². The molecule has 30 heavy (non-hydrogen) atoms. The number of quaternary nitrogens is 1. The van der Waals surface area contributed by atoms with Crippen LogP contribution in [0.3, 0.4) is 0 Å². The molecular weight excluding hydrogens is 376 g/mol. The summed E-state index contributed by atoms with van der Waals surface area (Å²) in [5, 5.41) is 0. The molecule has 1 aliphatic heterocycles. The molecule has 0 radical (unpaired) electrons. The highest BCUT2D eigenvalue weighted by molar-refractivity contribution is 5.95. The molecule has 1 saturated carbocycles. The Bertz CT molecular complexity index is 839. The van der Waals surface area contributed by atoms with E-state index in [1.165, 1.54) is 31.2 Å². The van der Waals surface area contributed by atoms with Crippen molar-refractivity contribution in [2.75, 3.05) is 40.4 Å². The van der Waals surface area contributed by atoms with E-state index in [4.69, 9.17) is 9.47 Å². The molecule has 160 valence electrons. The Morgan fingerprint density at radius 1 is 0.900 bits per heavy atom. The maximum Gasteiger partial charge on any atom is 0.254 e. The first-order chi connectivity index (χ1) is 14.7. The number of hydrogen-bond donors (Lipinski definition) is 1. The van der Waals surface area contributed by atoms with Crippen LogP contribution in [0.2, 0.25) is 0 Å². The van der Waals surface area contributed by atoms with Gasteiger partial charge in [0.05, 0.1) is 46.4 Å². The number of nitrogens with zero attached hydrogens (tertiary/aromatic N) is 1. The van der Waals surface area contributed by atoms with E-state index in [1.807, 2.05) is 11.0 Å². The number of rotatable bonds is 5. The molecular formula is C25H33N2O3+. The smallest absolute Gasteiger partial charge is 0.254 e. The molecule has 2 aromatic rings. The van der Waals surface area contributed by atoms with Gasteiger partial charge in [0.25, 0.3) is 5.91 Å². The van der Waals surface area contributed by atoms with Gasteiger partial charge in [-0.05, 0) is 55.4 Å². The molecule has 0 bridgehead atoms. The van der Waals surface area contributed by atoms with Crippen LogP contribution in [0, 0.1) is 0 Å². The van der Waals surface area contributed by atoms with Crippen LogP contribution in [0.15, 0.2) is 48.5 Å². The molecule has 2 aliphatic rings. The summed E-state index contributed by atoms with van der Waals surface area (Å²) in [7, 11) is 3.20. The third-order valence-corrected chi connectivity index (χ3v) is 6.90. The minimum atomic E-state index is 0.0859. The average Bonchev–Trinajstić information content (AvgIpc) is 2.84. The maximum atomic E-state index is 13.0. The fourth-order valence-electron chi connectivity index (χ4n) is 5.12. The summed E-state index contributed by atoms with van der Waals surface area (Å²) in [4.78, 5) is 16.6. The summed E-state index contributed by atoms with van der Waals surface area (Å²) in [5.74, 6) is 2.05. The predicted molar refractivity (Wildman–Crippen MR) is 118 cm³/mol. The van der Waals surface area contributed by atoms with Crippen LogP contribution in [0.4, 0.5) is 0 Å². The molecule has 2 fully saturated rings. The quantitative estimate of drug-likeness (QED) is 0.826. The van der Waals surface area contributed by atoms with Crippen LogP contribution in [0.5, 0.6) is 11.5 Å². The van der Waals surface area contributed by atoms with E-state index in [1.54, 1.807) is 31.3 Å². The van der Waals surface area contributed by atoms with Crippen molar-refractivity contribution < 1.29 is 19.2 Å². The molecule has 1 heterocycles. The number of ether oxygens (including phenoxy) is 2. The van der Waals surface area contributed by atoms with E-state index >= 15 is 0 Å². The zero-order valence-electron chi connectivity index (χ0n) is 18.1. The van der Waals surface area contributed by atoms with Crippen molar-refractivity contribution in [1.82, 2.24) is 4.90 Å². The molecule has 0 unspecified atom stereocenters. The first-order valence-corrected chi connectivity index (χ1v) is 11.1. The van der Waals surface area contributed by atoms with E-state index in [-0.39, 0.29) is 5.91 Å². The second kappa shape index (κ2) is 9.52. The SMILES string of the molecule is COc1ccc(C(=O)N2CC[NH+](C3CCC(c4ccccc4)CC3)CC2)cc1OC. The van der Waals surface area contributed by atoms with E-state index in [0.717, 1.165) is 38.1 Å². The van der Waals surface area contributed by atoms with Gasteiger partial charge in [0, 0.05) is 5.56 Å². The zero-order valence-corrected chi connectivity index (χ0v) is 18.1. The Morgan fingerprint density at radius 3 is 2.20 bits per heavy atom. The maximum absolute atomic E-state index is 13.0. The summed E-state index contributed by atoms with van der Waals surface area (Å²) in [6, 6.07) is 17.1. The van der Waals surface area contributed by atoms with Gasteiger partial charge in [0.15, 0.2) is 11.5 Å². The van der Waals surface area contributed by atoms with Crippen molar-refractivity contribution in [3.63, 3.8) is 0 Å². The van der Waals surface area contributed by atoms with Gasteiger partial charge in [0.2, 0.25) is 0 Å². The van der Waals surface area contributed by atoms with Gasteiger partial charge < -0.3 is 19.3 Å². The van der Waals surface area contributed by atoms with Crippen molar-refractivity contribution in [2.45, 2.75) is 37.6 Å². The van der Waals surface area contributed by atoms with Crippen LogP contribution in [-0.4, -0.2) is 57.2 Å². The van der Waals surface area contributed by atoms with E-state index in [9.17, 15) is 4.79 Å². The van der Waals surface area contributed by atoms with Gasteiger partial charge in [-0.25, -0.2) is 0 Å². The molecule has 4 rings (SSSR count). The van der Waals surface area contributed by atoms with Gasteiger partial charge in [-0.3, -0.25) is 4.79 Å². The summed E-state index contributed by atoms with van der Waals surface area (Å²) in [6.45, 7) is 3.72. The molecule has 5 heteroatoms. The van der Waals surface area contributed by atoms with Crippen molar-refractivity contribution in [3.8, 4) is 11.5 Å². The van der Waals surface area contributed by atoms with Crippen LogP contribution < -0.4 is 14.4 Å². The van der Waals surface area contributed by atoms with Crippen LogP contribution in [0.25, 0.3) is 0 Å². The lowest BCUT2D eigenvalue weighted by molar-refractivity contribution is -0.930. The first-order valence-electron chi connectivity index (χ1n) is 11.1. The van der Waals surface area contributed by atoms with Gasteiger partial charge in [0.1, 0.15) is 0 Å². The molecule has 1 amide bonds. The minimum absolute atomic E-state index is 0.0859. The number of carbonyl (C=O) groups excluding carboxylic acids is 1. The lowest BCUT2D eigenvalue weighted by atomic mass is 9.81. The molecule has 1 saturated heterocycles. The lowest BCUT2D eigenvalue weighted by Crippen LogP contribution is -3.18.